The van der Waals surface area contributed by atoms with Crippen molar-refractivity contribution in [2.75, 3.05) is 24.6 Å². The number of rotatable bonds is 5. The summed E-state index contributed by atoms with van der Waals surface area (Å²) in [5, 5.41) is 1.93. The first kappa shape index (κ1) is 19.2. The number of nitrogens with zero attached hydrogens (tertiary/aromatic N) is 2. The summed E-state index contributed by atoms with van der Waals surface area (Å²) in [6.45, 7) is 1.68. The van der Waals surface area contributed by atoms with E-state index in [9.17, 15) is 14.4 Å². The standard InChI is InChI=1S/C21H22N2O3S2/c24-18(22-8-11-27-12-9-22)13-21(16-5-2-1-3-6-16)14-19(25)23(20(21)26)15-17-7-4-10-28-17/h1-7,10H,8-9,11-15H2. The fourth-order valence-corrected chi connectivity index (χ4v) is 5.52. The molecule has 2 aromatic rings. The van der Waals surface area contributed by atoms with Crippen LogP contribution in [0.5, 0.6) is 0 Å². The molecule has 0 spiro atoms. The number of imide groups is 1. The van der Waals surface area contributed by atoms with E-state index in [1.165, 1.54) is 16.2 Å². The Morgan fingerprint density at radius 1 is 1.04 bits per heavy atom. The molecule has 0 bridgehead atoms. The van der Waals surface area contributed by atoms with Gasteiger partial charge >= 0.3 is 0 Å². The van der Waals surface area contributed by atoms with Gasteiger partial charge in [0.1, 0.15) is 0 Å². The fourth-order valence-electron chi connectivity index (χ4n) is 3.92. The average Bonchev–Trinajstić information content (AvgIpc) is 3.32. The summed E-state index contributed by atoms with van der Waals surface area (Å²) in [6, 6.07) is 13.2. The Balaban J connectivity index is 1.65. The Bertz CT molecular complexity index is 863. The number of amides is 3. The summed E-state index contributed by atoms with van der Waals surface area (Å²) in [5.74, 6) is 1.34. The Morgan fingerprint density at radius 3 is 2.46 bits per heavy atom. The molecule has 5 nitrogen and oxygen atoms in total. The smallest absolute Gasteiger partial charge is 0.241 e. The van der Waals surface area contributed by atoms with Gasteiger partial charge in [-0.15, -0.1) is 11.3 Å². The molecular formula is C21H22N2O3S2. The van der Waals surface area contributed by atoms with E-state index < -0.39 is 5.41 Å². The Labute approximate surface area is 172 Å². The van der Waals surface area contributed by atoms with E-state index in [0.717, 1.165) is 21.9 Å². The Hall–Kier alpha value is -2.12. The van der Waals surface area contributed by atoms with Crippen molar-refractivity contribution >= 4 is 40.8 Å². The highest BCUT2D eigenvalue weighted by atomic mass is 32.2. The number of carbonyl (C=O) groups is 3. The quantitative estimate of drug-likeness (QED) is 0.706. The van der Waals surface area contributed by atoms with Gasteiger partial charge in [-0.05, 0) is 17.0 Å². The molecular weight excluding hydrogens is 392 g/mol. The van der Waals surface area contributed by atoms with Crippen LogP contribution in [0.2, 0.25) is 0 Å². The molecule has 146 valence electrons. The topological polar surface area (TPSA) is 57.7 Å². The van der Waals surface area contributed by atoms with Crippen LogP contribution in [0.4, 0.5) is 0 Å². The number of hydrogen-bond acceptors (Lipinski definition) is 5. The third-order valence-electron chi connectivity index (χ3n) is 5.45. The lowest BCUT2D eigenvalue weighted by atomic mass is 9.75. The lowest BCUT2D eigenvalue weighted by molar-refractivity contribution is -0.143. The number of benzene rings is 1. The van der Waals surface area contributed by atoms with Gasteiger partial charge in [-0.3, -0.25) is 19.3 Å². The number of thioether (sulfide) groups is 1. The van der Waals surface area contributed by atoms with Gasteiger partial charge < -0.3 is 4.90 Å². The molecule has 0 N–H and O–H groups in total. The molecule has 0 radical (unpaired) electrons. The molecule has 28 heavy (non-hydrogen) atoms. The minimum absolute atomic E-state index is 0.0386. The molecule has 0 saturated carbocycles. The van der Waals surface area contributed by atoms with E-state index in [-0.39, 0.29) is 37.1 Å². The van der Waals surface area contributed by atoms with Crippen molar-refractivity contribution in [1.82, 2.24) is 9.80 Å². The molecule has 4 rings (SSSR count). The second kappa shape index (κ2) is 8.09. The van der Waals surface area contributed by atoms with E-state index in [0.29, 0.717) is 13.1 Å². The molecule has 1 atom stereocenters. The summed E-state index contributed by atoms with van der Waals surface area (Å²) in [4.78, 5) is 43.5. The van der Waals surface area contributed by atoms with Gasteiger partial charge in [-0.2, -0.15) is 11.8 Å². The van der Waals surface area contributed by atoms with Crippen LogP contribution in [0.15, 0.2) is 47.8 Å². The number of thiophene rings is 1. The zero-order valence-electron chi connectivity index (χ0n) is 15.5. The summed E-state index contributed by atoms with van der Waals surface area (Å²) < 4.78 is 0. The molecule has 0 aliphatic carbocycles. The summed E-state index contributed by atoms with van der Waals surface area (Å²) in [5.41, 5.74) is -0.348. The van der Waals surface area contributed by atoms with Crippen molar-refractivity contribution < 1.29 is 14.4 Å². The molecule has 1 aromatic heterocycles. The molecule has 2 saturated heterocycles. The second-order valence-corrected chi connectivity index (χ2v) is 9.42. The van der Waals surface area contributed by atoms with Gasteiger partial charge in [0.15, 0.2) is 0 Å². The van der Waals surface area contributed by atoms with Crippen molar-refractivity contribution in [3.8, 4) is 0 Å². The normalized spacial score (nSPS) is 22.7. The molecule has 2 aliphatic rings. The van der Waals surface area contributed by atoms with Crippen LogP contribution in [-0.2, 0) is 26.3 Å². The van der Waals surface area contributed by atoms with E-state index in [4.69, 9.17) is 0 Å². The van der Waals surface area contributed by atoms with Crippen LogP contribution in [0.25, 0.3) is 0 Å². The first-order chi connectivity index (χ1) is 13.6. The van der Waals surface area contributed by atoms with Crippen LogP contribution in [0.1, 0.15) is 23.3 Å². The van der Waals surface area contributed by atoms with Crippen molar-refractivity contribution in [2.24, 2.45) is 0 Å². The lowest BCUT2D eigenvalue weighted by Gasteiger charge is -2.32. The highest BCUT2D eigenvalue weighted by molar-refractivity contribution is 7.99. The maximum atomic E-state index is 13.5. The van der Waals surface area contributed by atoms with Gasteiger partial charge in [0.2, 0.25) is 17.7 Å². The SMILES string of the molecule is O=C(CC1(c2ccccc2)CC(=O)N(Cc2cccs2)C1=O)N1CCSCC1. The third-order valence-corrected chi connectivity index (χ3v) is 7.25. The highest BCUT2D eigenvalue weighted by Crippen LogP contribution is 2.41. The minimum Gasteiger partial charge on any atom is -0.341 e. The lowest BCUT2D eigenvalue weighted by Crippen LogP contribution is -2.45. The van der Waals surface area contributed by atoms with Gasteiger partial charge in [0, 0.05) is 42.3 Å². The van der Waals surface area contributed by atoms with Crippen LogP contribution in [0.3, 0.4) is 0 Å². The van der Waals surface area contributed by atoms with Gasteiger partial charge in [0.25, 0.3) is 0 Å². The van der Waals surface area contributed by atoms with Crippen LogP contribution >= 0.6 is 23.1 Å². The predicted molar refractivity (Wildman–Crippen MR) is 111 cm³/mol. The summed E-state index contributed by atoms with van der Waals surface area (Å²) >= 11 is 3.36. The number of carbonyl (C=O) groups excluding carboxylic acids is 3. The predicted octanol–water partition coefficient (Wildman–Crippen LogP) is 2.91. The average molecular weight is 415 g/mol. The van der Waals surface area contributed by atoms with Crippen molar-refractivity contribution in [2.45, 2.75) is 24.8 Å². The monoisotopic (exact) mass is 414 g/mol. The molecule has 2 fully saturated rings. The maximum Gasteiger partial charge on any atom is 0.241 e. The minimum atomic E-state index is -1.10. The number of hydrogen-bond donors (Lipinski definition) is 0. The molecule has 1 unspecified atom stereocenters. The summed E-state index contributed by atoms with van der Waals surface area (Å²) in [6.07, 6.45) is 0.0999. The van der Waals surface area contributed by atoms with Crippen LogP contribution in [0, 0.1) is 0 Å². The van der Waals surface area contributed by atoms with Crippen molar-refractivity contribution in [3.05, 3.63) is 58.3 Å². The largest absolute Gasteiger partial charge is 0.341 e. The van der Waals surface area contributed by atoms with E-state index in [1.807, 2.05) is 64.5 Å². The maximum absolute atomic E-state index is 13.5. The zero-order chi connectivity index (χ0) is 19.6. The molecule has 2 aliphatic heterocycles. The van der Waals surface area contributed by atoms with E-state index in [2.05, 4.69) is 0 Å². The zero-order valence-corrected chi connectivity index (χ0v) is 17.1. The van der Waals surface area contributed by atoms with Crippen molar-refractivity contribution in [3.63, 3.8) is 0 Å². The van der Waals surface area contributed by atoms with Crippen LogP contribution < -0.4 is 0 Å². The van der Waals surface area contributed by atoms with E-state index >= 15 is 0 Å². The first-order valence-corrected chi connectivity index (χ1v) is 11.4. The molecule has 7 heteroatoms. The molecule has 3 heterocycles. The fraction of sp³-hybridized carbons (Fsp3) is 0.381. The number of likely N-dealkylation sites (tertiary alicyclic amines) is 1. The Morgan fingerprint density at radius 2 is 1.79 bits per heavy atom. The highest BCUT2D eigenvalue weighted by Gasteiger charge is 2.54. The molecule has 1 aromatic carbocycles. The first-order valence-electron chi connectivity index (χ1n) is 9.38. The summed E-state index contributed by atoms with van der Waals surface area (Å²) in [7, 11) is 0. The Kier molecular flexibility index (Phi) is 5.55. The van der Waals surface area contributed by atoms with Gasteiger partial charge in [-0.1, -0.05) is 36.4 Å². The van der Waals surface area contributed by atoms with Crippen LogP contribution in [-0.4, -0.2) is 52.1 Å². The molecule has 3 amide bonds. The van der Waals surface area contributed by atoms with E-state index in [1.54, 1.807) is 0 Å². The van der Waals surface area contributed by atoms with Crippen molar-refractivity contribution in [1.29, 1.82) is 0 Å². The second-order valence-electron chi connectivity index (χ2n) is 7.16. The van der Waals surface area contributed by atoms with Gasteiger partial charge in [-0.25, -0.2) is 0 Å². The van der Waals surface area contributed by atoms with Gasteiger partial charge in [0.05, 0.1) is 12.0 Å². The third kappa shape index (κ3) is 3.61.